The zero-order chi connectivity index (χ0) is 21.4. The van der Waals surface area contributed by atoms with Crippen molar-refractivity contribution in [1.82, 2.24) is 19.6 Å². The van der Waals surface area contributed by atoms with Gasteiger partial charge in [-0.25, -0.2) is 9.38 Å². The predicted molar refractivity (Wildman–Crippen MR) is 131 cm³/mol. The Hall–Kier alpha value is -1.77. The summed E-state index contributed by atoms with van der Waals surface area (Å²) in [6.07, 6.45) is 4.78. The molecule has 5 nitrogen and oxygen atoms in total. The summed E-state index contributed by atoms with van der Waals surface area (Å²) >= 11 is 5.39. The van der Waals surface area contributed by atoms with E-state index in [2.05, 4.69) is 35.5 Å². The van der Waals surface area contributed by atoms with Crippen LogP contribution in [0.3, 0.4) is 0 Å². The normalized spacial score (nSPS) is 16.2. The molecule has 8 heteroatoms. The Bertz CT molecular complexity index is 1220. The second kappa shape index (κ2) is 9.00. The Kier molecular flexibility index (Phi) is 6.12. The molecule has 0 saturated carbocycles. The van der Waals surface area contributed by atoms with Crippen molar-refractivity contribution in [2.24, 2.45) is 0 Å². The largest absolute Gasteiger partial charge is 0.497 e. The van der Waals surface area contributed by atoms with Gasteiger partial charge in [-0.15, -0.1) is 21.5 Å². The molecule has 0 spiro atoms. The van der Waals surface area contributed by atoms with Crippen LogP contribution in [0.15, 0.2) is 34.6 Å². The number of hydrogen-bond acceptors (Lipinski definition) is 7. The number of aryl methyl sites for hydroxylation is 1. The molecule has 162 valence electrons. The second-order valence-electron chi connectivity index (χ2n) is 7.93. The first-order valence-corrected chi connectivity index (χ1v) is 13.6. The third-order valence-electron chi connectivity index (χ3n) is 5.74. The predicted octanol–water partition coefficient (Wildman–Crippen LogP) is 6.58. The van der Waals surface area contributed by atoms with E-state index in [4.69, 9.17) is 14.8 Å². The maximum Gasteiger partial charge on any atom is 0.198 e. The highest BCUT2D eigenvalue weighted by Gasteiger charge is 2.27. The molecular weight excluding hydrogens is 444 g/mol. The van der Waals surface area contributed by atoms with Crippen molar-refractivity contribution in [1.29, 1.82) is 0 Å². The van der Waals surface area contributed by atoms with Crippen LogP contribution in [0.25, 0.3) is 15.9 Å². The number of hydrogen-bond donors (Lipinski definition) is 0. The van der Waals surface area contributed by atoms with Crippen LogP contribution in [-0.2, 0) is 12.2 Å². The summed E-state index contributed by atoms with van der Waals surface area (Å²) in [6, 6.07) is 8.22. The van der Waals surface area contributed by atoms with E-state index >= 15 is 0 Å². The molecule has 1 aliphatic carbocycles. The Morgan fingerprint density at radius 3 is 2.77 bits per heavy atom. The highest BCUT2D eigenvalue weighted by atomic mass is 32.2. The van der Waals surface area contributed by atoms with E-state index in [9.17, 15) is 0 Å². The molecule has 3 aromatic heterocycles. The van der Waals surface area contributed by atoms with Gasteiger partial charge in [-0.3, -0.25) is 0 Å². The van der Waals surface area contributed by atoms with Gasteiger partial charge in [0.2, 0.25) is 0 Å². The van der Waals surface area contributed by atoms with E-state index in [1.165, 1.54) is 34.2 Å². The van der Waals surface area contributed by atoms with E-state index < -0.39 is 0 Å². The Balaban J connectivity index is 1.58. The SMILES string of the molecule is CCCSc1nc2sc3c(c2c2nnc(SCc4ccc(OC)cc4)n12)[C@@H](C)CCC3. The molecule has 0 unspecified atom stereocenters. The molecule has 0 radical (unpaired) electrons. The fraction of sp³-hybridized carbons (Fsp3) is 0.435. The topological polar surface area (TPSA) is 52.3 Å². The average molecular weight is 471 g/mol. The maximum atomic E-state index is 5.27. The summed E-state index contributed by atoms with van der Waals surface area (Å²) in [6.45, 7) is 4.55. The van der Waals surface area contributed by atoms with Gasteiger partial charge in [-0.1, -0.05) is 49.5 Å². The number of fused-ring (bicyclic) bond motifs is 5. The minimum atomic E-state index is 0.560. The van der Waals surface area contributed by atoms with Crippen molar-refractivity contribution < 1.29 is 4.74 Å². The number of ether oxygens (including phenoxy) is 1. The van der Waals surface area contributed by atoms with E-state index in [1.54, 1.807) is 30.6 Å². The molecule has 5 rings (SSSR count). The zero-order valence-electron chi connectivity index (χ0n) is 18.1. The van der Waals surface area contributed by atoms with Crippen molar-refractivity contribution in [3.05, 3.63) is 40.3 Å². The number of thioether (sulfide) groups is 2. The molecule has 1 aliphatic rings. The Morgan fingerprint density at radius 1 is 1.16 bits per heavy atom. The number of thiophene rings is 1. The number of rotatable bonds is 7. The van der Waals surface area contributed by atoms with E-state index in [1.807, 2.05) is 23.5 Å². The van der Waals surface area contributed by atoms with E-state index in [-0.39, 0.29) is 0 Å². The number of nitrogens with zero attached hydrogens (tertiary/aromatic N) is 4. The Labute approximate surface area is 195 Å². The summed E-state index contributed by atoms with van der Waals surface area (Å²) < 4.78 is 7.47. The van der Waals surface area contributed by atoms with Gasteiger partial charge in [-0.2, -0.15) is 0 Å². The molecule has 0 aliphatic heterocycles. The van der Waals surface area contributed by atoms with Gasteiger partial charge < -0.3 is 4.74 Å². The van der Waals surface area contributed by atoms with Gasteiger partial charge in [0.25, 0.3) is 0 Å². The van der Waals surface area contributed by atoms with Gasteiger partial charge in [0, 0.05) is 16.4 Å². The van der Waals surface area contributed by atoms with Crippen LogP contribution in [0.2, 0.25) is 0 Å². The maximum absolute atomic E-state index is 5.27. The molecule has 0 fully saturated rings. The smallest absolute Gasteiger partial charge is 0.198 e. The van der Waals surface area contributed by atoms with Gasteiger partial charge in [0.1, 0.15) is 10.6 Å². The van der Waals surface area contributed by atoms with Crippen LogP contribution in [-0.4, -0.2) is 32.4 Å². The lowest BCUT2D eigenvalue weighted by Gasteiger charge is -2.18. The third kappa shape index (κ3) is 3.94. The van der Waals surface area contributed by atoms with Crippen LogP contribution in [0, 0.1) is 0 Å². The van der Waals surface area contributed by atoms with Crippen molar-refractivity contribution in [2.75, 3.05) is 12.9 Å². The van der Waals surface area contributed by atoms with Crippen molar-refractivity contribution in [3.8, 4) is 5.75 Å². The molecule has 3 heterocycles. The van der Waals surface area contributed by atoms with E-state index in [0.717, 1.165) is 50.9 Å². The second-order valence-corrected chi connectivity index (χ2v) is 11.0. The summed E-state index contributed by atoms with van der Waals surface area (Å²) in [5, 5.41) is 12.5. The van der Waals surface area contributed by atoms with Crippen LogP contribution < -0.4 is 4.74 Å². The monoisotopic (exact) mass is 470 g/mol. The fourth-order valence-electron chi connectivity index (χ4n) is 4.19. The van der Waals surface area contributed by atoms with Crippen molar-refractivity contribution in [3.63, 3.8) is 0 Å². The van der Waals surface area contributed by atoms with Crippen molar-refractivity contribution >= 4 is 50.7 Å². The molecule has 0 bridgehead atoms. The van der Waals surface area contributed by atoms with Crippen LogP contribution in [0.5, 0.6) is 5.75 Å². The standard InChI is InChI=1S/C23H26N4OS3/c1-4-12-29-22-24-21-19(18-14(2)6-5-7-17(18)31-21)20-25-26-23(27(20)22)30-13-15-8-10-16(28-3)11-9-15/h8-11,14H,4-7,12-13H2,1-3H3/t14-/m0/s1. The van der Waals surface area contributed by atoms with Gasteiger partial charge >= 0.3 is 0 Å². The molecule has 0 amide bonds. The van der Waals surface area contributed by atoms with Crippen LogP contribution in [0.1, 0.15) is 55.0 Å². The highest BCUT2D eigenvalue weighted by Crippen LogP contribution is 2.44. The minimum Gasteiger partial charge on any atom is -0.497 e. The van der Waals surface area contributed by atoms with Crippen molar-refractivity contribution in [2.45, 2.75) is 61.5 Å². The van der Waals surface area contributed by atoms with Gasteiger partial charge in [0.15, 0.2) is 16.0 Å². The number of methoxy groups -OCH3 is 1. The summed E-state index contributed by atoms with van der Waals surface area (Å²) in [5.41, 5.74) is 3.68. The fourth-order valence-corrected chi connectivity index (χ4v) is 7.36. The summed E-state index contributed by atoms with van der Waals surface area (Å²) in [5.74, 6) is 3.31. The molecule has 0 saturated heterocycles. The molecule has 1 atom stereocenters. The van der Waals surface area contributed by atoms with Gasteiger partial charge in [0.05, 0.1) is 12.5 Å². The summed E-state index contributed by atoms with van der Waals surface area (Å²) in [4.78, 5) is 7.75. The van der Waals surface area contributed by atoms with Crippen LogP contribution in [0.4, 0.5) is 0 Å². The lowest BCUT2D eigenvalue weighted by molar-refractivity contribution is 0.414. The first-order chi connectivity index (χ1) is 15.2. The lowest BCUT2D eigenvalue weighted by Crippen LogP contribution is -2.05. The lowest BCUT2D eigenvalue weighted by atomic mass is 9.87. The molecular formula is C23H26N4OS3. The van der Waals surface area contributed by atoms with Gasteiger partial charge in [-0.05, 0) is 54.9 Å². The first-order valence-electron chi connectivity index (χ1n) is 10.8. The number of benzene rings is 1. The molecule has 31 heavy (non-hydrogen) atoms. The third-order valence-corrected chi connectivity index (χ3v) is 9.05. The highest BCUT2D eigenvalue weighted by molar-refractivity contribution is 7.99. The first kappa shape index (κ1) is 21.1. The van der Waals surface area contributed by atoms with E-state index in [0.29, 0.717) is 5.92 Å². The zero-order valence-corrected chi connectivity index (χ0v) is 20.5. The Morgan fingerprint density at radius 2 is 2.00 bits per heavy atom. The molecule has 1 aromatic carbocycles. The molecule has 4 aromatic rings. The minimum absolute atomic E-state index is 0.560. The average Bonchev–Trinajstić information content (AvgIpc) is 3.38. The quantitative estimate of drug-likeness (QED) is 0.225. The number of aromatic nitrogens is 4. The molecule has 0 N–H and O–H groups in total. The summed E-state index contributed by atoms with van der Waals surface area (Å²) in [7, 11) is 1.69. The van der Waals surface area contributed by atoms with Crippen LogP contribution >= 0.6 is 34.9 Å².